The summed E-state index contributed by atoms with van der Waals surface area (Å²) in [6.07, 6.45) is 0. The molecule has 2 rings (SSSR count). The van der Waals surface area contributed by atoms with E-state index in [1.54, 1.807) is 12.1 Å². The normalized spacial score (nSPS) is 10.1. The highest BCUT2D eigenvalue weighted by atomic mass is 16.6. The van der Waals surface area contributed by atoms with Crippen LogP contribution in [-0.2, 0) is 6.61 Å². The number of ether oxygens (including phenoxy) is 1. The van der Waals surface area contributed by atoms with Crippen molar-refractivity contribution in [2.24, 2.45) is 5.84 Å². The Hall–Kier alpha value is -2.87. The molecule has 1 aromatic carbocycles. The summed E-state index contributed by atoms with van der Waals surface area (Å²) < 4.78 is 10.5. The number of hydrazine groups is 1. The minimum Gasteiger partial charge on any atom is -0.485 e. The molecule has 1 aromatic heterocycles. The van der Waals surface area contributed by atoms with Crippen molar-refractivity contribution in [2.75, 3.05) is 0 Å². The van der Waals surface area contributed by atoms with E-state index in [4.69, 9.17) is 15.0 Å². The Morgan fingerprint density at radius 3 is 2.90 bits per heavy atom. The summed E-state index contributed by atoms with van der Waals surface area (Å²) in [5.41, 5.74) is 1.88. The van der Waals surface area contributed by atoms with E-state index >= 15 is 0 Å². The molecule has 0 atom stereocenters. The van der Waals surface area contributed by atoms with Crippen molar-refractivity contribution in [3.05, 3.63) is 58.0 Å². The number of non-ortho nitro benzene ring substituents is 1. The monoisotopic (exact) mass is 277 g/mol. The lowest BCUT2D eigenvalue weighted by Crippen LogP contribution is -2.29. The van der Waals surface area contributed by atoms with Crippen molar-refractivity contribution >= 4 is 11.6 Å². The van der Waals surface area contributed by atoms with Crippen LogP contribution >= 0.6 is 0 Å². The third-order valence-electron chi connectivity index (χ3n) is 2.43. The highest BCUT2D eigenvalue weighted by Crippen LogP contribution is 2.20. The Bertz CT molecular complexity index is 638. The number of carbonyl (C=O) groups excluding carboxylic acids is 1. The average molecular weight is 277 g/mol. The van der Waals surface area contributed by atoms with Crippen LogP contribution in [-0.4, -0.2) is 10.8 Å². The van der Waals surface area contributed by atoms with Crippen LogP contribution in [0.25, 0.3) is 0 Å². The molecule has 0 radical (unpaired) electrons. The molecule has 0 saturated carbocycles. The van der Waals surface area contributed by atoms with Gasteiger partial charge in [0.05, 0.1) is 11.0 Å². The predicted octanol–water partition coefficient (Wildman–Crippen LogP) is 1.37. The molecule has 0 bridgehead atoms. The van der Waals surface area contributed by atoms with Gasteiger partial charge in [0.15, 0.2) is 5.76 Å². The highest BCUT2D eigenvalue weighted by Gasteiger charge is 2.11. The Labute approximate surface area is 113 Å². The second kappa shape index (κ2) is 5.85. The number of nitrogens with zero attached hydrogens (tertiary/aromatic N) is 1. The van der Waals surface area contributed by atoms with Gasteiger partial charge in [-0.1, -0.05) is 6.07 Å². The van der Waals surface area contributed by atoms with E-state index < -0.39 is 10.8 Å². The van der Waals surface area contributed by atoms with E-state index in [0.29, 0.717) is 11.5 Å². The second-order valence-corrected chi connectivity index (χ2v) is 3.78. The smallest absolute Gasteiger partial charge is 0.300 e. The first-order valence-electron chi connectivity index (χ1n) is 5.57. The number of benzene rings is 1. The number of furan rings is 1. The van der Waals surface area contributed by atoms with E-state index in [1.807, 2.05) is 5.43 Å². The number of nitrogens with two attached hydrogens (primary N) is 1. The fraction of sp³-hybridized carbons (Fsp3) is 0.0833. The first-order valence-corrected chi connectivity index (χ1v) is 5.57. The molecular formula is C12H11N3O5. The van der Waals surface area contributed by atoms with Crippen LogP contribution in [0.3, 0.4) is 0 Å². The molecule has 0 aliphatic carbocycles. The standard InChI is InChI=1S/C12H11N3O5/c13-14-12(16)11-5-4-10(20-11)7-19-9-3-1-2-8(6-9)15(17)18/h1-6H,7,13H2,(H,14,16). The minimum absolute atomic E-state index is 0.0407. The van der Waals surface area contributed by atoms with Gasteiger partial charge in [-0.05, 0) is 18.2 Å². The Morgan fingerprint density at radius 1 is 1.40 bits per heavy atom. The van der Waals surface area contributed by atoms with Crippen molar-refractivity contribution in [3.63, 3.8) is 0 Å². The van der Waals surface area contributed by atoms with Crippen LogP contribution in [0, 0.1) is 10.1 Å². The zero-order chi connectivity index (χ0) is 14.5. The largest absolute Gasteiger partial charge is 0.485 e. The van der Waals surface area contributed by atoms with E-state index in [-0.39, 0.29) is 18.1 Å². The lowest BCUT2D eigenvalue weighted by molar-refractivity contribution is -0.384. The summed E-state index contributed by atoms with van der Waals surface area (Å²) in [5.74, 6) is 5.21. The first-order chi connectivity index (χ1) is 9.60. The highest BCUT2D eigenvalue weighted by molar-refractivity contribution is 5.90. The zero-order valence-electron chi connectivity index (χ0n) is 10.2. The summed E-state index contributed by atoms with van der Waals surface area (Å²) in [7, 11) is 0. The number of amides is 1. The summed E-state index contributed by atoms with van der Waals surface area (Å²) in [4.78, 5) is 21.3. The van der Waals surface area contributed by atoms with E-state index in [9.17, 15) is 14.9 Å². The molecule has 0 unspecified atom stereocenters. The molecule has 0 saturated heterocycles. The van der Waals surface area contributed by atoms with Gasteiger partial charge in [-0.2, -0.15) is 0 Å². The summed E-state index contributed by atoms with van der Waals surface area (Å²) in [6, 6.07) is 8.78. The molecule has 0 aliphatic heterocycles. The number of hydrogen-bond acceptors (Lipinski definition) is 6. The lowest BCUT2D eigenvalue weighted by Gasteiger charge is -2.03. The van der Waals surface area contributed by atoms with Crippen LogP contribution < -0.4 is 16.0 Å². The van der Waals surface area contributed by atoms with E-state index in [2.05, 4.69) is 0 Å². The molecule has 104 valence electrons. The van der Waals surface area contributed by atoms with Crippen molar-refractivity contribution in [1.29, 1.82) is 0 Å². The maximum absolute atomic E-state index is 11.2. The van der Waals surface area contributed by atoms with Crippen LogP contribution in [0.1, 0.15) is 16.3 Å². The van der Waals surface area contributed by atoms with Gasteiger partial charge >= 0.3 is 5.91 Å². The van der Waals surface area contributed by atoms with Gasteiger partial charge < -0.3 is 9.15 Å². The maximum Gasteiger partial charge on any atom is 0.300 e. The summed E-state index contributed by atoms with van der Waals surface area (Å²) in [5, 5.41) is 10.6. The quantitative estimate of drug-likeness (QED) is 0.368. The first kappa shape index (κ1) is 13.6. The average Bonchev–Trinajstić information content (AvgIpc) is 2.93. The fourth-order valence-corrected chi connectivity index (χ4v) is 1.49. The van der Waals surface area contributed by atoms with Crippen molar-refractivity contribution in [3.8, 4) is 5.75 Å². The molecule has 2 aromatic rings. The number of rotatable bonds is 5. The third-order valence-corrected chi connectivity index (χ3v) is 2.43. The second-order valence-electron chi connectivity index (χ2n) is 3.78. The van der Waals surface area contributed by atoms with Crippen LogP contribution in [0.2, 0.25) is 0 Å². The third kappa shape index (κ3) is 3.12. The number of nitro groups is 1. The molecule has 0 aliphatic rings. The maximum atomic E-state index is 11.2. The molecule has 0 spiro atoms. The number of hydrogen-bond donors (Lipinski definition) is 2. The van der Waals surface area contributed by atoms with Crippen LogP contribution in [0.4, 0.5) is 5.69 Å². The number of nitro benzene ring substituents is 1. The Kier molecular flexibility index (Phi) is 3.96. The SMILES string of the molecule is NNC(=O)c1ccc(COc2cccc([N+](=O)[O-])c2)o1. The van der Waals surface area contributed by atoms with Gasteiger partial charge in [-0.25, -0.2) is 5.84 Å². The van der Waals surface area contributed by atoms with Crippen molar-refractivity contribution in [2.45, 2.75) is 6.61 Å². The van der Waals surface area contributed by atoms with Gasteiger partial charge in [-0.3, -0.25) is 20.3 Å². The van der Waals surface area contributed by atoms with Crippen LogP contribution in [0.5, 0.6) is 5.75 Å². The fourth-order valence-electron chi connectivity index (χ4n) is 1.49. The summed E-state index contributed by atoms with van der Waals surface area (Å²) in [6.45, 7) is 0.0407. The lowest BCUT2D eigenvalue weighted by atomic mass is 10.3. The topological polar surface area (TPSA) is 121 Å². The molecular weight excluding hydrogens is 266 g/mol. The van der Waals surface area contributed by atoms with Crippen LogP contribution in [0.15, 0.2) is 40.8 Å². The molecule has 0 fully saturated rings. The Balaban J connectivity index is 2.01. The molecule has 1 heterocycles. The van der Waals surface area contributed by atoms with Crippen molar-refractivity contribution < 1.29 is 18.9 Å². The number of carbonyl (C=O) groups is 1. The van der Waals surface area contributed by atoms with Gasteiger partial charge in [-0.15, -0.1) is 0 Å². The number of nitrogen functional groups attached to an aromatic ring is 1. The molecule has 3 N–H and O–H groups in total. The minimum atomic E-state index is -0.549. The predicted molar refractivity (Wildman–Crippen MR) is 67.8 cm³/mol. The summed E-state index contributed by atoms with van der Waals surface area (Å²) >= 11 is 0. The van der Waals surface area contributed by atoms with Gasteiger partial charge in [0.1, 0.15) is 18.1 Å². The van der Waals surface area contributed by atoms with Gasteiger partial charge in [0, 0.05) is 6.07 Å². The molecule has 20 heavy (non-hydrogen) atoms. The zero-order valence-corrected chi connectivity index (χ0v) is 10.2. The van der Waals surface area contributed by atoms with Gasteiger partial charge in [0.25, 0.3) is 5.69 Å². The molecule has 8 heteroatoms. The van der Waals surface area contributed by atoms with E-state index in [0.717, 1.165) is 0 Å². The number of nitrogens with one attached hydrogen (secondary N) is 1. The van der Waals surface area contributed by atoms with Crippen molar-refractivity contribution in [1.82, 2.24) is 5.43 Å². The molecule has 1 amide bonds. The van der Waals surface area contributed by atoms with E-state index in [1.165, 1.54) is 24.3 Å². The van der Waals surface area contributed by atoms with Gasteiger partial charge in [0.2, 0.25) is 0 Å². The Morgan fingerprint density at radius 2 is 2.20 bits per heavy atom. The molecule has 8 nitrogen and oxygen atoms in total.